The second-order valence-corrected chi connectivity index (χ2v) is 11.1. The molecule has 0 amide bonds. The highest BCUT2D eigenvalue weighted by molar-refractivity contribution is 6.04. The first kappa shape index (κ1) is 31.8. The van der Waals surface area contributed by atoms with Crippen LogP contribution in [0, 0.1) is 0 Å². The molecule has 0 N–H and O–H groups in total. The van der Waals surface area contributed by atoms with E-state index in [0.29, 0.717) is 66.1 Å². The van der Waals surface area contributed by atoms with Gasteiger partial charge < -0.3 is 33.3 Å². The maximum atomic E-state index is 5.89. The normalized spacial score (nSPS) is 17.0. The van der Waals surface area contributed by atoms with Crippen molar-refractivity contribution in [3.05, 3.63) is 84.9 Å². The van der Waals surface area contributed by atoms with Crippen LogP contribution in [0.1, 0.15) is 0 Å². The summed E-state index contributed by atoms with van der Waals surface area (Å²) in [6, 6.07) is 28.5. The smallest absolute Gasteiger partial charge is 0.119 e. The fourth-order valence-electron chi connectivity index (χ4n) is 5.17. The van der Waals surface area contributed by atoms with E-state index in [1.165, 1.54) is 0 Å². The molecule has 3 aliphatic heterocycles. The van der Waals surface area contributed by atoms with Crippen LogP contribution in [0.4, 0.5) is 0 Å². The minimum atomic E-state index is 0.469. The fraction of sp³-hybridized carbons (Fsp3) is 0.351. The topological polar surface area (TPSA) is 84.4 Å². The Morgan fingerprint density at radius 2 is 0.804 bits per heavy atom. The lowest BCUT2D eigenvalue weighted by atomic mass is 10.1. The Balaban J connectivity index is 1.17. The number of ether oxygens (including phenoxy) is 6. The number of hydrogen-bond acceptors (Lipinski definition) is 9. The van der Waals surface area contributed by atoms with Crippen molar-refractivity contribution in [3.8, 4) is 34.0 Å². The first-order valence-corrected chi connectivity index (χ1v) is 15.9. The van der Waals surface area contributed by atoms with E-state index in [0.717, 1.165) is 68.9 Å². The van der Waals surface area contributed by atoms with Gasteiger partial charge in [0, 0.05) is 35.0 Å². The monoisotopic (exact) mass is 623 g/mol. The van der Waals surface area contributed by atoms with E-state index in [1.807, 2.05) is 60.7 Å². The van der Waals surface area contributed by atoms with Crippen LogP contribution in [0.5, 0.6) is 11.5 Å². The summed E-state index contributed by atoms with van der Waals surface area (Å²) in [5, 5.41) is 2.09. The Labute approximate surface area is 270 Å². The maximum Gasteiger partial charge on any atom is 0.119 e. The van der Waals surface area contributed by atoms with E-state index in [1.54, 1.807) is 0 Å². The third-order valence-electron chi connectivity index (χ3n) is 7.79. The zero-order chi connectivity index (χ0) is 31.4. The second kappa shape index (κ2) is 16.4. The highest BCUT2D eigenvalue weighted by atomic mass is 16.5. The molecule has 5 aromatic rings. The van der Waals surface area contributed by atoms with Gasteiger partial charge in [-0.1, -0.05) is 24.3 Å². The molecule has 8 rings (SSSR count). The molecule has 240 valence electrons. The molecule has 0 aliphatic carbocycles. The number of fused-ring (bicyclic) bond motifs is 2. The SMILES string of the molecule is CN1CCOCCOCCOc2ccc(cc2)-c2ccc3ccc4ccc(nc4c3n2)-c2ccc(cc2)OCCOCCOCC1. The van der Waals surface area contributed by atoms with Crippen LogP contribution in [-0.4, -0.2) is 101 Å². The van der Waals surface area contributed by atoms with Crippen molar-refractivity contribution in [2.45, 2.75) is 0 Å². The number of hydrogen-bond donors (Lipinski definition) is 0. The van der Waals surface area contributed by atoms with Crippen LogP contribution < -0.4 is 9.47 Å². The van der Waals surface area contributed by atoms with Crippen molar-refractivity contribution in [2.75, 3.05) is 86.2 Å². The molecule has 3 aromatic carbocycles. The molecule has 2 aromatic heterocycles. The molecule has 8 bridgehead atoms. The highest BCUT2D eigenvalue weighted by Gasteiger charge is 2.10. The van der Waals surface area contributed by atoms with Crippen LogP contribution in [0.3, 0.4) is 0 Å². The number of likely N-dealkylation sites (N-methyl/N-ethyl adjacent to an activating group) is 1. The maximum absolute atomic E-state index is 5.89. The van der Waals surface area contributed by atoms with E-state index < -0.39 is 0 Å². The highest BCUT2D eigenvalue weighted by Crippen LogP contribution is 2.30. The van der Waals surface area contributed by atoms with Crippen molar-refractivity contribution in [1.29, 1.82) is 0 Å². The van der Waals surface area contributed by atoms with Crippen LogP contribution >= 0.6 is 0 Å². The third kappa shape index (κ3) is 8.78. The molecule has 0 fully saturated rings. The van der Waals surface area contributed by atoms with Gasteiger partial charge in [0.2, 0.25) is 0 Å². The van der Waals surface area contributed by atoms with Gasteiger partial charge in [0.25, 0.3) is 0 Å². The molecule has 0 saturated heterocycles. The van der Waals surface area contributed by atoms with Gasteiger partial charge in [-0.25, -0.2) is 9.97 Å². The quantitative estimate of drug-likeness (QED) is 0.196. The average Bonchev–Trinajstić information content (AvgIpc) is 3.10. The molecule has 0 atom stereocenters. The van der Waals surface area contributed by atoms with Crippen molar-refractivity contribution in [3.63, 3.8) is 0 Å². The Kier molecular flexibility index (Phi) is 11.4. The van der Waals surface area contributed by atoms with Gasteiger partial charge in [0.15, 0.2) is 0 Å². The number of aromatic nitrogens is 2. The zero-order valence-electron chi connectivity index (χ0n) is 26.4. The molecule has 9 heteroatoms. The summed E-state index contributed by atoms with van der Waals surface area (Å²) in [5.41, 5.74) is 5.53. The predicted molar refractivity (Wildman–Crippen MR) is 180 cm³/mol. The minimum absolute atomic E-state index is 0.469. The minimum Gasteiger partial charge on any atom is -0.491 e. The summed E-state index contributed by atoms with van der Waals surface area (Å²) in [4.78, 5) is 12.3. The number of nitrogens with zero attached hydrogens (tertiary/aromatic N) is 3. The molecule has 3 aliphatic rings. The van der Waals surface area contributed by atoms with Crippen LogP contribution in [-0.2, 0) is 18.9 Å². The van der Waals surface area contributed by atoms with E-state index in [-0.39, 0.29) is 0 Å². The van der Waals surface area contributed by atoms with Crippen molar-refractivity contribution < 1.29 is 28.4 Å². The van der Waals surface area contributed by atoms with Gasteiger partial charge in [-0.3, -0.25) is 0 Å². The first-order valence-electron chi connectivity index (χ1n) is 15.9. The van der Waals surface area contributed by atoms with Gasteiger partial charge in [0.1, 0.15) is 24.7 Å². The van der Waals surface area contributed by atoms with Crippen molar-refractivity contribution >= 4 is 21.8 Å². The molecular weight excluding hydrogens is 582 g/mol. The van der Waals surface area contributed by atoms with Crippen molar-refractivity contribution in [2.24, 2.45) is 0 Å². The van der Waals surface area contributed by atoms with E-state index in [9.17, 15) is 0 Å². The average molecular weight is 624 g/mol. The lowest BCUT2D eigenvalue weighted by Gasteiger charge is -2.16. The zero-order valence-corrected chi connectivity index (χ0v) is 26.4. The molecule has 0 radical (unpaired) electrons. The van der Waals surface area contributed by atoms with Gasteiger partial charge >= 0.3 is 0 Å². The van der Waals surface area contributed by atoms with Crippen molar-refractivity contribution in [1.82, 2.24) is 14.9 Å². The Morgan fingerprint density at radius 1 is 0.435 bits per heavy atom. The summed E-state index contributed by atoms with van der Waals surface area (Å²) in [5.74, 6) is 1.58. The summed E-state index contributed by atoms with van der Waals surface area (Å²) in [7, 11) is 2.06. The molecular formula is C37H41N3O6. The second-order valence-electron chi connectivity index (χ2n) is 11.1. The van der Waals surface area contributed by atoms with Gasteiger partial charge in [0.05, 0.1) is 75.3 Å². The number of rotatable bonds is 0. The first-order chi connectivity index (χ1) is 22.7. The lowest BCUT2D eigenvalue weighted by molar-refractivity contribution is 0.0202. The summed E-state index contributed by atoms with van der Waals surface area (Å²) >= 11 is 0. The predicted octanol–water partition coefficient (Wildman–Crippen LogP) is 5.89. The molecule has 0 spiro atoms. The van der Waals surface area contributed by atoms with Crippen LogP contribution in [0.15, 0.2) is 84.9 Å². The molecule has 0 unspecified atom stereocenters. The van der Waals surface area contributed by atoms with Gasteiger partial charge in [-0.15, -0.1) is 0 Å². The summed E-state index contributed by atoms with van der Waals surface area (Å²) in [6.07, 6.45) is 0. The van der Waals surface area contributed by atoms with Crippen LogP contribution in [0.2, 0.25) is 0 Å². The largest absolute Gasteiger partial charge is 0.491 e. The van der Waals surface area contributed by atoms with Gasteiger partial charge in [-0.2, -0.15) is 0 Å². The Morgan fingerprint density at radius 3 is 1.24 bits per heavy atom. The Hall–Kier alpha value is -4.12. The lowest BCUT2D eigenvalue weighted by Crippen LogP contribution is -2.28. The molecule has 9 nitrogen and oxygen atoms in total. The summed E-state index contributed by atoms with van der Waals surface area (Å²) in [6.45, 7) is 7.06. The third-order valence-corrected chi connectivity index (χ3v) is 7.79. The number of pyridine rings is 2. The number of benzene rings is 3. The molecule has 0 saturated carbocycles. The van der Waals surface area contributed by atoms with E-state index in [2.05, 4.69) is 36.2 Å². The fourth-order valence-corrected chi connectivity index (χ4v) is 5.17. The van der Waals surface area contributed by atoms with E-state index >= 15 is 0 Å². The van der Waals surface area contributed by atoms with E-state index in [4.69, 9.17) is 38.4 Å². The molecule has 5 heterocycles. The van der Waals surface area contributed by atoms with Crippen LogP contribution in [0.25, 0.3) is 44.3 Å². The standard InChI is InChI=1S/C37H41N3O6/c1-40-16-18-41-20-22-43-24-26-45-32-10-4-28(5-11-32)34-14-8-30-2-3-31-9-15-35(39-37(31)36(30)38-34)29-6-12-33(13-7-29)46-27-25-44-23-21-42-19-17-40/h2-15H,16-27H2,1H3. The Bertz CT molecular complexity index is 1560. The molecule has 46 heavy (non-hydrogen) atoms. The van der Waals surface area contributed by atoms with Gasteiger partial charge in [-0.05, 0) is 67.7 Å². The summed E-state index contributed by atoms with van der Waals surface area (Å²) < 4.78 is 34.5.